The zero-order chi connectivity index (χ0) is 27.8. The number of carbonyl (C=O) groups excluding carboxylic acids is 1. The summed E-state index contributed by atoms with van der Waals surface area (Å²) in [6, 6.07) is 10.9. The minimum atomic E-state index is -5.08. The number of amides is 1. The Kier molecular flexibility index (Phi) is 10.9. The second-order valence-electron chi connectivity index (χ2n) is 8.20. The Morgan fingerprint density at radius 2 is 1.84 bits per heavy atom. The zero-order valence-electron chi connectivity index (χ0n) is 19.8. The van der Waals surface area contributed by atoms with Crippen LogP contribution in [0.3, 0.4) is 0 Å². The average molecular weight is 567 g/mol. The first-order valence-corrected chi connectivity index (χ1v) is 13.3. The van der Waals surface area contributed by atoms with Gasteiger partial charge in [0.15, 0.2) is 9.84 Å². The summed E-state index contributed by atoms with van der Waals surface area (Å²) in [6.45, 7) is 1.66. The molecule has 1 saturated heterocycles. The summed E-state index contributed by atoms with van der Waals surface area (Å²) in [6.07, 6.45) is -2.19. The van der Waals surface area contributed by atoms with E-state index in [1.54, 1.807) is 43.3 Å². The largest absolute Gasteiger partial charge is 0.490 e. The second-order valence-corrected chi connectivity index (χ2v) is 10.9. The fourth-order valence-corrected chi connectivity index (χ4v) is 4.92. The molecule has 0 aliphatic carbocycles. The molecule has 2 atom stereocenters. The molecule has 2 aromatic carbocycles. The monoisotopic (exact) mass is 566 g/mol. The van der Waals surface area contributed by atoms with E-state index >= 15 is 0 Å². The number of carbonyl (C=O) groups is 2. The van der Waals surface area contributed by atoms with E-state index in [2.05, 4.69) is 10.6 Å². The van der Waals surface area contributed by atoms with Gasteiger partial charge in [0.2, 0.25) is 0 Å². The van der Waals surface area contributed by atoms with Crippen molar-refractivity contribution < 1.29 is 40.7 Å². The molecule has 37 heavy (non-hydrogen) atoms. The van der Waals surface area contributed by atoms with Crippen LogP contribution >= 0.6 is 11.6 Å². The summed E-state index contributed by atoms with van der Waals surface area (Å²) >= 11 is 6.23. The van der Waals surface area contributed by atoms with Crippen LogP contribution in [0, 0.1) is 0 Å². The molecule has 1 amide bonds. The number of halogens is 5. The van der Waals surface area contributed by atoms with Crippen molar-refractivity contribution in [2.24, 2.45) is 0 Å². The maximum Gasteiger partial charge on any atom is 0.490 e. The molecule has 1 fully saturated rings. The lowest BCUT2D eigenvalue weighted by atomic mass is 9.92. The Bertz CT molecular complexity index is 1200. The lowest BCUT2D eigenvalue weighted by Crippen LogP contribution is -2.46. The number of carboxylic acids is 1. The molecule has 13 heteroatoms. The number of nitrogens with one attached hydrogen (secondary N) is 2. The summed E-state index contributed by atoms with van der Waals surface area (Å²) in [7, 11) is -3.38. The molecule has 3 N–H and O–H groups in total. The van der Waals surface area contributed by atoms with Crippen molar-refractivity contribution in [1.82, 2.24) is 10.6 Å². The van der Waals surface area contributed by atoms with Crippen LogP contribution in [0.25, 0.3) is 0 Å². The highest BCUT2D eigenvalue weighted by Gasteiger charge is 2.38. The third-order valence-electron chi connectivity index (χ3n) is 5.70. The molecule has 0 saturated carbocycles. The summed E-state index contributed by atoms with van der Waals surface area (Å²) in [5.74, 6) is -3.18. The van der Waals surface area contributed by atoms with E-state index < -0.39 is 40.6 Å². The van der Waals surface area contributed by atoms with Crippen LogP contribution in [0.4, 0.5) is 17.6 Å². The van der Waals surface area contributed by atoms with E-state index in [4.69, 9.17) is 21.5 Å². The van der Waals surface area contributed by atoms with E-state index in [9.17, 15) is 30.8 Å². The number of alkyl halides is 4. The number of carboxylic acid groups (broad SMARTS) is 1. The van der Waals surface area contributed by atoms with Gasteiger partial charge in [-0.25, -0.2) is 17.6 Å². The van der Waals surface area contributed by atoms with Crippen molar-refractivity contribution >= 4 is 33.3 Å². The summed E-state index contributed by atoms with van der Waals surface area (Å²) in [5, 5.41) is 13.6. The van der Waals surface area contributed by atoms with Crippen molar-refractivity contribution in [3.05, 3.63) is 64.2 Å². The van der Waals surface area contributed by atoms with Gasteiger partial charge in [-0.3, -0.25) is 4.79 Å². The van der Waals surface area contributed by atoms with Gasteiger partial charge in [-0.05, 0) is 43.1 Å². The Hall–Kier alpha value is -2.70. The van der Waals surface area contributed by atoms with Crippen LogP contribution in [-0.4, -0.2) is 49.9 Å². The fraction of sp³-hybridized carbons (Fsp3) is 0.417. The molecule has 0 radical (unpaired) electrons. The highest BCUT2D eigenvalue weighted by atomic mass is 35.5. The normalized spacial score (nSPS) is 16.8. The number of aliphatic carboxylic acids is 1. The number of piperidine rings is 1. The van der Waals surface area contributed by atoms with E-state index in [1.165, 1.54) is 0 Å². The van der Waals surface area contributed by atoms with Crippen LogP contribution in [0.5, 0.6) is 0 Å². The topological polar surface area (TPSA) is 113 Å². The molecule has 0 bridgehead atoms. The number of benzene rings is 2. The lowest BCUT2D eigenvalue weighted by Gasteiger charge is -2.32. The van der Waals surface area contributed by atoms with Crippen molar-refractivity contribution in [1.29, 1.82) is 0 Å². The summed E-state index contributed by atoms with van der Waals surface area (Å²) in [5.41, 5.74) is 1.16. The van der Waals surface area contributed by atoms with Crippen molar-refractivity contribution in [2.75, 3.05) is 12.3 Å². The van der Waals surface area contributed by atoms with E-state index in [0.717, 1.165) is 25.8 Å². The lowest BCUT2D eigenvalue weighted by molar-refractivity contribution is -0.192. The number of rotatable bonds is 7. The average Bonchev–Trinajstić information content (AvgIpc) is 2.87. The first-order valence-electron chi connectivity index (χ1n) is 11.3. The zero-order valence-corrected chi connectivity index (χ0v) is 21.4. The molecule has 204 valence electrons. The van der Waals surface area contributed by atoms with Crippen LogP contribution in [0.1, 0.15) is 53.7 Å². The van der Waals surface area contributed by atoms with E-state index in [0.29, 0.717) is 5.56 Å². The molecule has 2 aromatic rings. The SMILES string of the molecule is CCS(=O)(=O)c1cccc([C@H](NC(=O)c2cccc(CF)c2Cl)[C@H]2CCCCN2)c1.O=C(O)C(F)(F)F. The van der Waals surface area contributed by atoms with Gasteiger partial charge >= 0.3 is 12.1 Å². The van der Waals surface area contributed by atoms with E-state index in [-0.39, 0.29) is 32.8 Å². The first kappa shape index (κ1) is 30.5. The molecule has 0 spiro atoms. The maximum absolute atomic E-state index is 13.2. The number of sulfone groups is 1. The minimum Gasteiger partial charge on any atom is -0.475 e. The molecule has 1 aliphatic heterocycles. The number of hydrogen-bond donors (Lipinski definition) is 3. The number of hydrogen-bond acceptors (Lipinski definition) is 5. The van der Waals surface area contributed by atoms with Gasteiger partial charge in [-0.1, -0.05) is 49.2 Å². The molecule has 7 nitrogen and oxygen atoms in total. The molecule has 0 aromatic heterocycles. The van der Waals surface area contributed by atoms with Crippen molar-refractivity contribution in [3.63, 3.8) is 0 Å². The summed E-state index contributed by atoms with van der Waals surface area (Å²) in [4.78, 5) is 22.2. The third-order valence-corrected chi connectivity index (χ3v) is 7.88. The Morgan fingerprint density at radius 3 is 2.38 bits per heavy atom. The van der Waals surface area contributed by atoms with Gasteiger partial charge < -0.3 is 15.7 Å². The maximum atomic E-state index is 13.2. The fourth-order valence-electron chi connectivity index (χ4n) is 3.72. The van der Waals surface area contributed by atoms with Gasteiger partial charge in [-0.15, -0.1) is 0 Å². The minimum absolute atomic E-state index is 0.000782. The first-order chi connectivity index (χ1) is 17.3. The van der Waals surface area contributed by atoms with E-state index in [1.807, 2.05) is 6.07 Å². The highest BCUT2D eigenvalue weighted by Crippen LogP contribution is 2.28. The van der Waals surface area contributed by atoms with Crippen molar-refractivity contribution in [2.45, 2.75) is 56.0 Å². The van der Waals surface area contributed by atoms with Crippen molar-refractivity contribution in [3.8, 4) is 0 Å². The second kappa shape index (κ2) is 13.2. The molecular formula is C24H27ClF4N2O5S. The Labute approximate surface area is 217 Å². The van der Waals surface area contributed by atoms with Gasteiger partial charge in [0.25, 0.3) is 5.91 Å². The molecule has 0 unspecified atom stereocenters. The summed E-state index contributed by atoms with van der Waals surface area (Å²) < 4.78 is 69.6. The smallest absolute Gasteiger partial charge is 0.475 e. The van der Waals surface area contributed by atoms with Crippen LogP contribution in [0.15, 0.2) is 47.4 Å². The molecule has 1 aliphatic rings. The standard InChI is InChI=1S/C22H26ClFN2O3S.C2HF3O2/c1-2-30(28,29)17-9-5-7-15(13-17)21(19-11-3-4-12-25-19)26-22(27)18-10-6-8-16(14-24)20(18)23;3-2(4,5)1(6)7/h5-10,13,19,21,25H,2-4,11-12,14H2,1H3,(H,26,27);(H,6,7)/t19-,21+;/m1./s1. The third kappa shape index (κ3) is 8.41. The van der Waals surface area contributed by atoms with Crippen LogP contribution in [-0.2, 0) is 21.3 Å². The molecule has 1 heterocycles. The predicted octanol–water partition coefficient (Wildman–Crippen LogP) is 4.85. The van der Waals surface area contributed by atoms with Gasteiger partial charge in [0.05, 0.1) is 27.3 Å². The van der Waals surface area contributed by atoms with Gasteiger partial charge in [-0.2, -0.15) is 13.2 Å². The van der Waals surface area contributed by atoms with Gasteiger partial charge in [0, 0.05) is 11.6 Å². The molecular weight excluding hydrogens is 540 g/mol. The highest BCUT2D eigenvalue weighted by molar-refractivity contribution is 7.91. The quantitative estimate of drug-likeness (QED) is 0.413. The Morgan fingerprint density at radius 1 is 1.19 bits per heavy atom. The van der Waals surface area contributed by atoms with Crippen LogP contribution < -0.4 is 10.6 Å². The molecule has 3 rings (SSSR count). The predicted molar refractivity (Wildman–Crippen MR) is 130 cm³/mol. The Balaban J connectivity index is 0.000000604. The van der Waals surface area contributed by atoms with Crippen LogP contribution in [0.2, 0.25) is 5.02 Å². The van der Waals surface area contributed by atoms with Gasteiger partial charge in [0.1, 0.15) is 6.67 Å².